The second kappa shape index (κ2) is 6.90. The molecular formula is C15H14ClN3O4S. The molecule has 0 saturated heterocycles. The van der Waals surface area contributed by atoms with Gasteiger partial charge in [0, 0.05) is 16.9 Å². The molecule has 126 valence electrons. The number of sulfonamides is 1. The van der Waals surface area contributed by atoms with Crippen molar-refractivity contribution in [3.8, 4) is 0 Å². The zero-order chi connectivity index (χ0) is 17.9. The molecule has 0 aromatic heterocycles. The Hall–Kier alpha value is -2.58. The number of halogens is 1. The first-order valence-corrected chi connectivity index (χ1v) is 8.91. The summed E-state index contributed by atoms with van der Waals surface area (Å²) in [4.78, 5) is 23.5. The maximum Gasteiger partial charge on any atom is 0.257 e. The highest BCUT2D eigenvalue weighted by Gasteiger charge is 2.13. The second-order valence-electron chi connectivity index (χ2n) is 4.97. The van der Waals surface area contributed by atoms with Gasteiger partial charge in [-0.1, -0.05) is 17.7 Å². The van der Waals surface area contributed by atoms with E-state index >= 15 is 0 Å². The van der Waals surface area contributed by atoms with E-state index in [4.69, 9.17) is 17.3 Å². The molecular weight excluding hydrogens is 354 g/mol. The number of benzene rings is 2. The number of nitrogens with two attached hydrogens (primary N) is 1. The van der Waals surface area contributed by atoms with Crippen molar-refractivity contribution in [2.45, 2.75) is 0 Å². The van der Waals surface area contributed by atoms with Crippen LogP contribution in [0.15, 0.2) is 42.5 Å². The Morgan fingerprint density at radius 2 is 1.79 bits per heavy atom. The van der Waals surface area contributed by atoms with Gasteiger partial charge in [-0.2, -0.15) is 0 Å². The number of rotatable bonds is 5. The fourth-order valence-electron chi connectivity index (χ4n) is 1.93. The first-order valence-electron chi connectivity index (χ1n) is 6.64. The number of nitrogens with one attached hydrogen (secondary N) is 2. The lowest BCUT2D eigenvalue weighted by molar-refractivity contribution is 0.0996. The molecule has 0 heterocycles. The van der Waals surface area contributed by atoms with Gasteiger partial charge in [0.25, 0.3) is 5.91 Å². The molecule has 0 unspecified atom stereocenters. The van der Waals surface area contributed by atoms with E-state index in [1.54, 1.807) is 12.1 Å². The molecule has 24 heavy (non-hydrogen) atoms. The maximum absolute atomic E-state index is 12.3. The molecule has 2 amide bonds. The molecule has 0 fully saturated rings. The van der Waals surface area contributed by atoms with Gasteiger partial charge in [0.15, 0.2) is 0 Å². The standard InChI is InChI=1S/C15H14ClN3O4S/c1-24(22,23)19-11-5-6-13(16)12(8-11)15(21)18-10-4-2-3-9(7-10)14(17)20/h2-8,19H,1H3,(H2,17,20)(H,18,21). The van der Waals surface area contributed by atoms with Crippen LogP contribution in [0.25, 0.3) is 0 Å². The van der Waals surface area contributed by atoms with E-state index in [0.29, 0.717) is 5.69 Å². The highest BCUT2D eigenvalue weighted by Crippen LogP contribution is 2.22. The maximum atomic E-state index is 12.3. The van der Waals surface area contributed by atoms with Crippen LogP contribution in [0.1, 0.15) is 20.7 Å². The molecule has 2 aromatic carbocycles. The Kier molecular flexibility index (Phi) is 5.10. The fraction of sp³-hybridized carbons (Fsp3) is 0.0667. The zero-order valence-corrected chi connectivity index (χ0v) is 14.1. The van der Waals surface area contributed by atoms with Crippen molar-refractivity contribution in [3.05, 3.63) is 58.6 Å². The van der Waals surface area contributed by atoms with Crippen molar-refractivity contribution in [2.24, 2.45) is 5.73 Å². The van der Waals surface area contributed by atoms with Crippen LogP contribution in [0.4, 0.5) is 11.4 Å². The fourth-order valence-corrected chi connectivity index (χ4v) is 2.68. The molecule has 2 aromatic rings. The molecule has 0 aliphatic heterocycles. The van der Waals surface area contributed by atoms with Gasteiger partial charge >= 0.3 is 0 Å². The minimum Gasteiger partial charge on any atom is -0.366 e. The van der Waals surface area contributed by atoms with Crippen LogP contribution in [0.3, 0.4) is 0 Å². The highest BCUT2D eigenvalue weighted by molar-refractivity contribution is 7.92. The van der Waals surface area contributed by atoms with Gasteiger partial charge in [-0.25, -0.2) is 8.42 Å². The van der Waals surface area contributed by atoms with Gasteiger partial charge in [-0.15, -0.1) is 0 Å². The topological polar surface area (TPSA) is 118 Å². The SMILES string of the molecule is CS(=O)(=O)Nc1ccc(Cl)c(C(=O)Nc2cccc(C(N)=O)c2)c1. The lowest BCUT2D eigenvalue weighted by atomic mass is 10.1. The van der Waals surface area contributed by atoms with Crippen LogP contribution in [0.2, 0.25) is 5.02 Å². The number of hydrogen-bond acceptors (Lipinski definition) is 4. The summed E-state index contributed by atoms with van der Waals surface area (Å²) in [5.41, 5.74) is 6.07. The normalized spacial score (nSPS) is 10.9. The van der Waals surface area contributed by atoms with E-state index in [-0.39, 0.29) is 21.8 Å². The summed E-state index contributed by atoms with van der Waals surface area (Å²) in [7, 11) is -3.48. The Bertz CT molecular complexity index is 913. The summed E-state index contributed by atoms with van der Waals surface area (Å²) < 4.78 is 24.8. The Balaban J connectivity index is 2.28. The van der Waals surface area contributed by atoms with Crippen LogP contribution in [-0.2, 0) is 10.0 Å². The third-order valence-corrected chi connectivity index (χ3v) is 3.86. The van der Waals surface area contributed by atoms with Gasteiger partial charge in [0.05, 0.1) is 16.8 Å². The summed E-state index contributed by atoms with van der Waals surface area (Å²) in [5.74, 6) is -1.18. The summed E-state index contributed by atoms with van der Waals surface area (Å²) in [5, 5.41) is 2.73. The predicted molar refractivity (Wildman–Crippen MR) is 92.8 cm³/mol. The largest absolute Gasteiger partial charge is 0.366 e. The number of primary amides is 1. The molecule has 0 aliphatic rings. The Labute approximate surface area is 143 Å². The minimum atomic E-state index is -3.48. The van der Waals surface area contributed by atoms with Crippen molar-refractivity contribution >= 4 is 44.8 Å². The summed E-state index contributed by atoms with van der Waals surface area (Å²) in [6, 6.07) is 10.2. The van der Waals surface area contributed by atoms with Crippen molar-refractivity contribution in [1.29, 1.82) is 0 Å². The monoisotopic (exact) mass is 367 g/mol. The van der Waals surface area contributed by atoms with Gasteiger partial charge in [-0.3, -0.25) is 14.3 Å². The van der Waals surface area contributed by atoms with Crippen LogP contribution < -0.4 is 15.8 Å². The average molecular weight is 368 g/mol. The molecule has 0 atom stereocenters. The molecule has 7 nitrogen and oxygen atoms in total. The predicted octanol–water partition coefficient (Wildman–Crippen LogP) is 2.06. The quantitative estimate of drug-likeness (QED) is 0.749. The van der Waals surface area contributed by atoms with E-state index in [2.05, 4.69) is 10.0 Å². The zero-order valence-electron chi connectivity index (χ0n) is 12.5. The first-order chi connectivity index (χ1) is 11.2. The molecule has 0 bridgehead atoms. The van der Waals surface area contributed by atoms with Crippen LogP contribution >= 0.6 is 11.6 Å². The smallest absolute Gasteiger partial charge is 0.257 e. The molecule has 4 N–H and O–H groups in total. The summed E-state index contributed by atoms with van der Waals surface area (Å²) in [6.45, 7) is 0. The molecule has 0 aliphatic carbocycles. The van der Waals surface area contributed by atoms with Crippen molar-refractivity contribution in [2.75, 3.05) is 16.3 Å². The highest BCUT2D eigenvalue weighted by atomic mass is 35.5. The molecule has 0 saturated carbocycles. The minimum absolute atomic E-state index is 0.0785. The van der Waals surface area contributed by atoms with Gasteiger partial charge in [-0.05, 0) is 36.4 Å². The van der Waals surface area contributed by atoms with E-state index < -0.39 is 21.8 Å². The summed E-state index contributed by atoms with van der Waals surface area (Å²) in [6.07, 6.45) is 0.997. The number of amides is 2. The van der Waals surface area contributed by atoms with E-state index in [1.807, 2.05) is 0 Å². The third kappa shape index (κ3) is 4.71. The van der Waals surface area contributed by atoms with Gasteiger partial charge < -0.3 is 11.1 Å². The van der Waals surface area contributed by atoms with Gasteiger partial charge in [0.1, 0.15) is 0 Å². The Morgan fingerprint density at radius 3 is 2.42 bits per heavy atom. The van der Waals surface area contributed by atoms with Crippen LogP contribution in [-0.4, -0.2) is 26.5 Å². The molecule has 2 rings (SSSR count). The van der Waals surface area contributed by atoms with Crippen molar-refractivity contribution in [1.82, 2.24) is 0 Å². The number of anilines is 2. The molecule has 0 spiro atoms. The van der Waals surface area contributed by atoms with E-state index in [9.17, 15) is 18.0 Å². The third-order valence-electron chi connectivity index (χ3n) is 2.92. The van der Waals surface area contributed by atoms with E-state index in [0.717, 1.165) is 6.26 Å². The van der Waals surface area contributed by atoms with Crippen molar-refractivity contribution in [3.63, 3.8) is 0 Å². The van der Waals surface area contributed by atoms with Crippen molar-refractivity contribution < 1.29 is 18.0 Å². The van der Waals surface area contributed by atoms with Gasteiger partial charge in [0.2, 0.25) is 15.9 Å². The number of hydrogen-bond donors (Lipinski definition) is 3. The molecule has 9 heteroatoms. The molecule has 0 radical (unpaired) electrons. The van der Waals surface area contributed by atoms with Crippen LogP contribution in [0.5, 0.6) is 0 Å². The Morgan fingerprint density at radius 1 is 1.08 bits per heavy atom. The summed E-state index contributed by atoms with van der Waals surface area (Å²) >= 11 is 6.00. The van der Waals surface area contributed by atoms with E-state index in [1.165, 1.54) is 30.3 Å². The first kappa shape index (κ1) is 17.8. The number of carbonyl (C=O) groups is 2. The number of carbonyl (C=O) groups excluding carboxylic acids is 2. The van der Waals surface area contributed by atoms with Crippen LogP contribution in [0, 0.1) is 0 Å². The lowest BCUT2D eigenvalue weighted by Crippen LogP contribution is -2.15. The lowest BCUT2D eigenvalue weighted by Gasteiger charge is -2.10. The second-order valence-corrected chi connectivity index (χ2v) is 7.12. The average Bonchev–Trinajstić information content (AvgIpc) is 2.48.